The van der Waals surface area contributed by atoms with E-state index in [1.54, 1.807) is 0 Å². The highest BCUT2D eigenvalue weighted by Crippen LogP contribution is 2.33. The summed E-state index contributed by atoms with van der Waals surface area (Å²) in [6.45, 7) is 4.64. The normalized spacial score (nSPS) is 33.6. The van der Waals surface area contributed by atoms with Gasteiger partial charge in [0.15, 0.2) is 0 Å². The van der Waals surface area contributed by atoms with Crippen LogP contribution in [-0.2, 0) is 4.84 Å². The van der Waals surface area contributed by atoms with Crippen molar-refractivity contribution in [2.45, 2.75) is 64.5 Å². The predicted octanol–water partition coefficient (Wildman–Crippen LogP) is 2.88. The van der Waals surface area contributed by atoms with E-state index < -0.39 is 0 Å². The molecule has 14 heavy (non-hydrogen) atoms. The van der Waals surface area contributed by atoms with E-state index in [2.05, 4.69) is 19.3 Å². The van der Waals surface area contributed by atoms with Gasteiger partial charge in [0.25, 0.3) is 0 Å². The first-order valence-corrected chi connectivity index (χ1v) is 6.17. The van der Waals surface area contributed by atoms with Gasteiger partial charge in [-0.3, -0.25) is 4.84 Å². The van der Waals surface area contributed by atoms with Crippen molar-refractivity contribution >= 4 is 0 Å². The molecule has 0 amide bonds. The standard InChI is InChI=1S/C12H23NO/c1-9(2)10-7-11(8-10)13-14-12-5-3-4-6-12/h9-13H,3-8H2,1-2H3. The minimum atomic E-state index is 0.507. The molecule has 0 radical (unpaired) electrons. The Morgan fingerprint density at radius 1 is 1.14 bits per heavy atom. The molecule has 0 aromatic heterocycles. The Hall–Kier alpha value is -0.0800. The van der Waals surface area contributed by atoms with Crippen LogP contribution in [0.4, 0.5) is 0 Å². The average Bonchev–Trinajstić information content (AvgIpc) is 2.52. The molecule has 1 N–H and O–H groups in total. The number of hydroxylamine groups is 1. The van der Waals surface area contributed by atoms with E-state index in [4.69, 9.17) is 4.84 Å². The summed E-state index contributed by atoms with van der Waals surface area (Å²) in [5.74, 6) is 1.78. The SMILES string of the molecule is CC(C)C1CC(NOC2CCCC2)C1. The minimum absolute atomic E-state index is 0.507. The number of hydrogen-bond donors (Lipinski definition) is 1. The lowest BCUT2D eigenvalue weighted by Gasteiger charge is -2.38. The van der Waals surface area contributed by atoms with Gasteiger partial charge in [0.2, 0.25) is 0 Å². The van der Waals surface area contributed by atoms with E-state index in [-0.39, 0.29) is 0 Å². The number of rotatable bonds is 4. The molecule has 2 nitrogen and oxygen atoms in total. The van der Waals surface area contributed by atoms with Gasteiger partial charge in [-0.1, -0.05) is 26.7 Å². The van der Waals surface area contributed by atoms with Crippen LogP contribution in [0.1, 0.15) is 52.4 Å². The molecule has 2 aliphatic rings. The van der Waals surface area contributed by atoms with Crippen molar-refractivity contribution in [3.8, 4) is 0 Å². The van der Waals surface area contributed by atoms with Crippen LogP contribution in [0, 0.1) is 11.8 Å². The van der Waals surface area contributed by atoms with Gasteiger partial charge in [-0.05, 0) is 37.5 Å². The van der Waals surface area contributed by atoms with E-state index in [0.29, 0.717) is 12.1 Å². The molecule has 0 heterocycles. The maximum atomic E-state index is 5.68. The van der Waals surface area contributed by atoms with Gasteiger partial charge in [-0.2, -0.15) is 5.48 Å². The molecule has 82 valence electrons. The molecular formula is C12H23NO. The topological polar surface area (TPSA) is 21.3 Å². The number of hydrogen-bond acceptors (Lipinski definition) is 2. The lowest BCUT2D eigenvalue weighted by molar-refractivity contribution is -0.0683. The van der Waals surface area contributed by atoms with Gasteiger partial charge < -0.3 is 0 Å². The van der Waals surface area contributed by atoms with E-state index in [1.807, 2.05) is 0 Å². The summed E-state index contributed by atoms with van der Waals surface area (Å²) >= 11 is 0. The van der Waals surface area contributed by atoms with Crippen molar-refractivity contribution < 1.29 is 4.84 Å². The van der Waals surface area contributed by atoms with Crippen LogP contribution in [0.25, 0.3) is 0 Å². The minimum Gasteiger partial charge on any atom is -0.298 e. The van der Waals surface area contributed by atoms with Gasteiger partial charge in [-0.15, -0.1) is 0 Å². The van der Waals surface area contributed by atoms with Crippen LogP contribution in [0.3, 0.4) is 0 Å². The quantitative estimate of drug-likeness (QED) is 0.700. The highest BCUT2D eigenvalue weighted by Gasteiger charge is 2.31. The molecule has 0 aromatic carbocycles. The second-order valence-corrected chi connectivity index (χ2v) is 5.31. The molecule has 2 fully saturated rings. The summed E-state index contributed by atoms with van der Waals surface area (Å²) in [6.07, 6.45) is 8.35. The van der Waals surface area contributed by atoms with Crippen LogP contribution in [0.2, 0.25) is 0 Å². The Morgan fingerprint density at radius 2 is 1.79 bits per heavy atom. The molecule has 0 unspecified atom stereocenters. The Morgan fingerprint density at radius 3 is 2.36 bits per heavy atom. The lowest BCUT2D eigenvalue weighted by Crippen LogP contribution is -2.44. The first-order chi connectivity index (χ1) is 6.75. The fourth-order valence-electron chi connectivity index (χ4n) is 2.50. The molecule has 2 heteroatoms. The van der Waals surface area contributed by atoms with Gasteiger partial charge in [0, 0.05) is 6.04 Å². The summed E-state index contributed by atoms with van der Waals surface area (Å²) in [5.41, 5.74) is 3.25. The Bertz CT molecular complexity index is 169. The molecule has 2 aliphatic carbocycles. The second-order valence-electron chi connectivity index (χ2n) is 5.31. The van der Waals surface area contributed by atoms with Crippen molar-refractivity contribution in [3.05, 3.63) is 0 Å². The third kappa shape index (κ3) is 2.48. The summed E-state index contributed by atoms with van der Waals surface area (Å²) in [6, 6.07) is 0.642. The van der Waals surface area contributed by atoms with Crippen LogP contribution >= 0.6 is 0 Å². The van der Waals surface area contributed by atoms with Crippen molar-refractivity contribution in [1.29, 1.82) is 0 Å². The molecule has 2 rings (SSSR count). The predicted molar refractivity (Wildman–Crippen MR) is 57.8 cm³/mol. The first-order valence-electron chi connectivity index (χ1n) is 6.17. The Balaban J connectivity index is 1.55. The Labute approximate surface area is 87.4 Å². The van der Waals surface area contributed by atoms with Gasteiger partial charge in [-0.25, -0.2) is 0 Å². The van der Waals surface area contributed by atoms with E-state index in [0.717, 1.165) is 11.8 Å². The number of nitrogens with one attached hydrogen (secondary N) is 1. The maximum Gasteiger partial charge on any atom is 0.0790 e. The van der Waals surface area contributed by atoms with Gasteiger partial charge in [0.1, 0.15) is 0 Å². The van der Waals surface area contributed by atoms with Gasteiger partial charge >= 0.3 is 0 Å². The zero-order valence-electron chi connectivity index (χ0n) is 9.46. The van der Waals surface area contributed by atoms with Crippen molar-refractivity contribution in [1.82, 2.24) is 5.48 Å². The fraction of sp³-hybridized carbons (Fsp3) is 1.00. The zero-order valence-corrected chi connectivity index (χ0v) is 9.46. The second kappa shape index (κ2) is 4.63. The van der Waals surface area contributed by atoms with Crippen LogP contribution in [-0.4, -0.2) is 12.1 Å². The third-order valence-electron chi connectivity index (χ3n) is 3.82. The van der Waals surface area contributed by atoms with E-state index in [9.17, 15) is 0 Å². The summed E-state index contributed by atoms with van der Waals surface area (Å²) in [5, 5.41) is 0. The Kier molecular flexibility index (Phi) is 3.45. The van der Waals surface area contributed by atoms with E-state index in [1.165, 1.54) is 38.5 Å². The summed E-state index contributed by atoms with van der Waals surface area (Å²) < 4.78 is 0. The van der Waals surface area contributed by atoms with Crippen molar-refractivity contribution in [2.24, 2.45) is 11.8 Å². The largest absolute Gasteiger partial charge is 0.298 e. The molecule has 0 aliphatic heterocycles. The fourth-order valence-corrected chi connectivity index (χ4v) is 2.50. The molecule has 2 saturated carbocycles. The van der Waals surface area contributed by atoms with Crippen LogP contribution in [0.15, 0.2) is 0 Å². The van der Waals surface area contributed by atoms with Crippen molar-refractivity contribution in [3.63, 3.8) is 0 Å². The molecular weight excluding hydrogens is 174 g/mol. The molecule has 0 atom stereocenters. The smallest absolute Gasteiger partial charge is 0.0790 e. The van der Waals surface area contributed by atoms with Crippen molar-refractivity contribution in [2.75, 3.05) is 0 Å². The van der Waals surface area contributed by atoms with Gasteiger partial charge in [0.05, 0.1) is 6.10 Å². The lowest BCUT2D eigenvalue weighted by atomic mass is 9.74. The average molecular weight is 197 g/mol. The van der Waals surface area contributed by atoms with E-state index >= 15 is 0 Å². The summed E-state index contributed by atoms with van der Waals surface area (Å²) in [7, 11) is 0. The highest BCUT2D eigenvalue weighted by atomic mass is 16.7. The molecule has 0 spiro atoms. The third-order valence-corrected chi connectivity index (χ3v) is 3.82. The molecule has 0 saturated heterocycles. The summed E-state index contributed by atoms with van der Waals surface area (Å²) in [4.78, 5) is 5.68. The zero-order chi connectivity index (χ0) is 9.97. The first kappa shape index (κ1) is 10.4. The molecule has 0 bridgehead atoms. The highest BCUT2D eigenvalue weighted by molar-refractivity contribution is 4.84. The van der Waals surface area contributed by atoms with Crippen LogP contribution < -0.4 is 5.48 Å². The van der Waals surface area contributed by atoms with Crippen LogP contribution in [0.5, 0.6) is 0 Å². The maximum absolute atomic E-state index is 5.68. The molecule has 0 aromatic rings. The monoisotopic (exact) mass is 197 g/mol.